The van der Waals surface area contributed by atoms with Crippen LogP contribution >= 0.6 is 0 Å². The van der Waals surface area contributed by atoms with Crippen molar-refractivity contribution in [3.05, 3.63) is 29.3 Å². The highest BCUT2D eigenvalue weighted by Gasteiger charge is 2.16. The molecule has 3 heteroatoms. The number of carboxylic acids is 1. The van der Waals surface area contributed by atoms with Crippen LogP contribution in [-0.2, 0) is 16.6 Å². The van der Waals surface area contributed by atoms with Crippen molar-refractivity contribution in [3.8, 4) is 5.75 Å². The molecule has 27 heavy (non-hydrogen) atoms. The second-order valence-corrected chi connectivity index (χ2v) is 8.64. The third kappa shape index (κ3) is 10.4. The Balaban J connectivity index is 2.41. The summed E-state index contributed by atoms with van der Waals surface area (Å²) in [5.74, 6) is 0.0878. The molecule has 0 saturated carbocycles. The third-order valence-corrected chi connectivity index (χ3v) is 5.04. The Kier molecular flexibility index (Phi) is 11.2. The molecular weight excluding hydrogens is 336 g/mol. The first-order valence-electron chi connectivity index (χ1n) is 10.8. The summed E-state index contributed by atoms with van der Waals surface area (Å²) in [4.78, 5) is 11.0. The number of unbranched alkanes of at least 4 members (excludes halogenated alkanes) is 8. The minimum Gasteiger partial charge on any atom is -0.493 e. The quantitative estimate of drug-likeness (QED) is 0.359. The van der Waals surface area contributed by atoms with Crippen LogP contribution in [0.1, 0.15) is 103 Å². The molecule has 1 aromatic rings. The largest absolute Gasteiger partial charge is 0.493 e. The molecule has 1 aromatic carbocycles. The van der Waals surface area contributed by atoms with Crippen LogP contribution in [0.3, 0.4) is 0 Å². The highest BCUT2D eigenvalue weighted by molar-refractivity contribution is 5.67. The lowest BCUT2D eigenvalue weighted by atomic mass is 9.85. The van der Waals surface area contributed by atoms with Gasteiger partial charge in [0.25, 0.3) is 0 Å². The number of carboxylic acid groups (broad SMARTS) is 1. The number of aliphatic carboxylic acids is 1. The SMILES string of the molecule is CCCCCCCCCCCOc1ccc(C(C)(C)C)cc1CCC(=O)O. The van der Waals surface area contributed by atoms with Crippen LogP contribution in [0.4, 0.5) is 0 Å². The molecule has 0 unspecified atom stereocenters. The topological polar surface area (TPSA) is 46.5 Å². The van der Waals surface area contributed by atoms with Crippen LogP contribution < -0.4 is 4.74 Å². The molecule has 0 amide bonds. The summed E-state index contributed by atoms with van der Waals surface area (Å²) in [6.45, 7) is 9.48. The van der Waals surface area contributed by atoms with E-state index in [1.54, 1.807) is 0 Å². The Bertz CT molecular complexity index is 543. The first-order valence-corrected chi connectivity index (χ1v) is 10.8. The maximum atomic E-state index is 11.0. The highest BCUT2D eigenvalue weighted by Crippen LogP contribution is 2.29. The molecule has 0 heterocycles. The van der Waals surface area contributed by atoms with Gasteiger partial charge in [0.1, 0.15) is 5.75 Å². The predicted octanol–water partition coefficient (Wildman–Crippen LogP) is 6.91. The van der Waals surface area contributed by atoms with Crippen LogP contribution in [0.25, 0.3) is 0 Å². The Morgan fingerprint density at radius 3 is 2.11 bits per heavy atom. The summed E-state index contributed by atoms with van der Waals surface area (Å²) in [6, 6.07) is 6.25. The number of rotatable bonds is 14. The molecule has 0 aliphatic heterocycles. The monoisotopic (exact) mass is 376 g/mol. The minimum atomic E-state index is -0.763. The molecule has 0 aliphatic rings. The number of hydrogen-bond acceptors (Lipinski definition) is 2. The summed E-state index contributed by atoms with van der Waals surface area (Å²) in [5, 5.41) is 9.02. The van der Waals surface area contributed by atoms with Crippen molar-refractivity contribution in [1.82, 2.24) is 0 Å². The van der Waals surface area contributed by atoms with E-state index in [9.17, 15) is 4.79 Å². The van der Waals surface area contributed by atoms with Gasteiger partial charge in [-0.15, -0.1) is 0 Å². The van der Waals surface area contributed by atoms with E-state index in [0.717, 1.165) is 17.7 Å². The Morgan fingerprint density at radius 2 is 1.56 bits per heavy atom. The summed E-state index contributed by atoms with van der Waals surface area (Å²) in [7, 11) is 0. The first kappa shape index (κ1) is 23.5. The molecule has 154 valence electrons. The van der Waals surface area contributed by atoms with Gasteiger partial charge in [-0.3, -0.25) is 4.79 Å². The van der Waals surface area contributed by atoms with E-state index < -0.39 is 5.97 Å². The fourth-order valence-corrected chi connectivity index (χ4v) is 3.22. The Labute approximate surface area is 166 Å². The van der Waals surface area contributed by atoms with Crippen LogP contribution in [0, 0.1) is 0 Å². The predicted molar refractivity (Wildman–Crippen MR) is 114 cm³/mol. The van der Waals surface area contributed by atoms with E-state index in [1.807, 2.05) is 6.07 Å². The molecule has 0 spiro atoms. The van der Waals surface area contributed by atoms with Crippen molar-refractivity contribution in [1.29, 1.82) is 0 Å². The van der Waals surface area contributed by atoms with Crippen molar-refractivity contribution in [2.24, 2.45) is 0 Å². The highest BCUT2D eigenvalue weighted by atomic mass is 16.5. The summed E-state index contributed by atoms with van der Waals surface area (Å²) in [5.41, 5.74) is 2.28. The molecule has 0 bridgehead atoms. The maximum absolute atomic E-state index is 11.0. The average molecular weight is 377 g/mol. The van der Waals surface area contributed by atoms with Crippen molar-refractivity contribution in [2.45, 2.75) is 104 Å². The number of hydrogen-bond donors (Lipinski definition) is 1. The standard InChI is InChI=1S/C24H40O3/c1-5-6-7-8-9-10-11-12-13-18-27-22-16-15-21(24(2,3)4)19-20(22)14-17-23(25)26/h15-16,19H,5-14,17-18H2,1-4H3,(H,25,26). The smallest absolute Gasteiger partial charge is 0.303 e. The van der Waals surface area contributed by atoms with Gasteiger partial charge in [0.15, 0.2) is 0 Å². The number of benzene rings is 1. The number of carbonyl (C=O) groups is 1. The van der Waals surface area contributed by atoms with E-state index in [0.29, 0.717) is 13.0 Å². The van der Waals surface area contributed by atoms with Crippen LogP contribution in [0.2, 0.25) is 0 Å². The normalized spacial score (nSPS) is 11.6. The zero-order chi connectivity index (χ0) is 20.1. The fourth-order valence-electron chi connectivity index (χ4n) is 3.22. The summed E-state index contributed by atoms with van der Waals surface area (Å²) in [6.07, 6.45) is 12.3. The molecule has 0 atom stereocenters. The summed E-state index contributed by atoms with van der Waals surface area (Å²) < 4.78 is 6.00. The minimum absolute atomic E-state index is 0.0492. The summed E-state index contributed by atoms with van der Waals surface area (Å²) >= 11 is 0. The lowest BCUT2D eigenvalue weighted by Crippen LogP contribution is -2.12. The van der Waals surface area contributed by atoms with Gasteiger partial charge in [0, 0.05) is 6.42 Å². The van der Waals surface area contributed by atoms with Gasteiger partial charge >= 0.3 is 5.97 Å². The first-order chi connectivity index (χ1) is 12.8. The van der Waals surface area contributed by atoms with Crippen molar-refractivity contribution >= 4 is 5.97 Å². The number of ether oxygens (including phenoxy) is 1. The van der Waals surface area contributed by atoms with Gasteiger partial charge in [0.05, 0.1) is 6.61 Å². The molecule has 1 rings (SSSR count). The lowest BCUT2D eigenvalue weighted by molar-refractivity contribution is -0.136. The van der Waals surface area contributed by atoms with Gasteiger partial charge in [-0.2, -0.15) is 0 Å². The average Bonchev–Trinajstić information content (AvgIpc) is 2.61. The number of aryl methyl sites for hydroxylation is 1. The molecule has 1 N–H and O–H groups in total. The second kappa shape index (κ2) is 12.8. The third-order valence-electron chi connectivity index (χ3n) is 5.04. The van der Waals surface area contributed by atoms with E-state index in [-0.39, 0.29) is 11.8 Å². The Hall–Kier alpha value is -1.51. The van der Waals surface area contributed by atoms with Crippen LogP contribution in [-0.4, -0.2) is 17.7 Å². The molecule has 0 aromatic heterocycles. The van der Waals surface area contributed by atoms with E-state index in [4.69, 9.17) is 9.84 Å². The van der Waals surface area contributed by atoms with Gasteiger partial charge in [0.2, 0.25) is 0 Å². The van der Waals surface area contributed by atoms with Gasteiger partial charge in [-0.05, 0) is 35.4 Å². The molecule has 3 nitrogen and oxygen atoms in total. The molecular formula is C24H40O3. The van der Waals surface area contributed by atoms with Crippen LogP contribution in [0.15, 0.2) is 18.2 Å². The molecule has 0 fully saturated rings. The van der Waals surface area contributed by atoms with Gasteiger partial charge < -0.3 is 9.84 Å². The van der Waals surface area contributed by atoms with E-state index >= 15 is 0 Å². The molecule has 0 saturated heterocycles. The van der Waals surface area contributed by atoms with E-state index in [2.05, 4.69) is 39.8 Å². The zero-order valence-electron chi connectivity index (χ0n) is 18.0. The zero-order valence-corrected chi connectivity index (χ0v) is 18.0. The van der Waals surface area contributed by atoms with Crippen LogP contribution in [0.5, 0.6) is 5.75 Å². The molecule has 0 radical (unpaired) electrons. The molecule has 0 aliphatic carbocycles. The van der Waals surface area contributed by atoms with E-state index in [1.165, 1.54) is 56.9 Å². The van der Waals surface area contributed by atoms with Crippen molar-refractivity contribution in [3.63, 3.8) is 0 Å². The second-order valence-electron chi connectivity index (χ2n) is 8.64. The fraction of sp³-hybridized carbons (Fsp3) is 0.708. The lowest BCUT2D eigenvalue weighted by Gasteiger charge is -2.21. The van der Waals surface area contributed by atoms with Gasteiger partial charge in [-0.25, -0.2) is 0 Å². The van der Waals surface area contributed by atoms with Gasteiger partial charge in [-0.1, -0.05) is 91.2 Å². The Morgan fingerprint density at radius 1 is 0.963 bits per heavy atom. The maximum Gasteiger partial charge on any atom is 0.303 e. The van der Waals surface area contributed by atoms with Crippen molar-refractivity contribution in [2.75, 3.05) is 6.61 Å². The van der Waals surface area contributed by atoms with Crippen molar-refractivity contribution < 1.29 is 14.6 Å².